The van der Waals surface area contributed by atoms with Gasteiger partial charge in [-0.3, -0.25) is 14.9 Å². The fourth-order valence-electron chi connectivity index (χ4n) is 1.45. The lowest BCUT2D eigenvalue weighted by Crippen LogP contribution is -1.98. The Balaban J connectivity index is 3.10. The Bertz CT molecular complexity index is 418. The summed E-state index contributed by atoms with van der Waals surface area (Å²) in [6, 6.07) is 4.44. The van der Waals surface area contributed by atoms with E-state index in [0.717, 1.165) is 12.8 Å². The molecule has 0 bridgehead atoms. The van der Waals surface area contributed by atoms with Crippen molar-refractivity contribution in [1.82, 2.24) is 0 Å². The number of nitro groups is 1. The lowest BCUT2D eigenvalue weighted by molar-refractivity contribution is -0.385. The molecule has 0 amide bonds. The monoisotopic (exact) mass is 285 g/mol. The van der Waals surface area contributed by atoms with E-state index in [2.05, 4.69) is 15.9 Å². The van der Waals surface area contributed by atoms with Crippen molar-refractivity contribution in [2.24, 2.45) is 0 Å². The Labute approximate surface area is 102 Å². The van der Waals surface area contributed by atoms with Gasteiger partial charge in [0.25, 0.3) is 5.69 Å². The molecule has 0 spiro atoms. The molecular weight excluding hydrogens is 274 g/mol. The van der Waals surface area contributed by atoms with Gasteiger partial charge in [0.15, 0.2) is 0 Å². The van der Waals surface area contributed by atoms with Crippen LogP contribution in [-0.4, -0.2) is 9.62 Å². The van der Waals surface area contributed by atoms with E-state index in [-0.39, 0.29) is 10.4 Å². The Kier molecular flexibility index (Phi) is 4.61. The summed E-state index contributed by atoms with van der Waals surface area (Å²) in [5.74, 6) is 0. The number of nitrogens with zero attached hydrogens (tertiary/aromatic N) is 1. The number of carbonyl (C=O) groups is 1. The van der Waals surface area contributed by atoms with Gasteiger partial charge >= 0.3 is 0 Å². The highest BCUT2D eigenvalue weighted by atomic mass is 79.9. The Hall–Kier alpha value is -1.23. The van der Waals surface area contributed by atoms with Crippen molar-refractivity contribution >= 4 is 26.3 Å². The van der Waals surface area contributed by atoms with Crippen molar-refractivity contribution in [1.29, 1.82) is 0 Å². The SMILES string of the molecule is CCCCc1cc(C(=O)Br)ccc1[N+](=O)[O-]. The predicted octanol–water partition coefficient (Wildman–Crippen LogP) is 3.47. The number of halogens is 1. The molecule has 0 aliphatic carbocycles. The van der Waals surface area contributed by atoms with Crippen LogP contribution >= 0.6 is 15.9 Å². The minimum Gasteiger partial charge on any atom is -0.281 e. The van der Waals surface area contributed by atoms with E-state index in [0.29, 0.717) is 17.5 Å². The van der Waals surface area contributed by atoms with Crippen molar-refractivity contribution < 1.29 is 9.72 Å². The highest BCUT2D eigenvalue weighted by molar-refractivity contribution is 9.18. The van der Waals surface area contributed by atoms with Crippen LogP contribution in [0.2, 0.25) is 0 Å². The highest BCUT2D eigenvalue weighted by Crippen LogP contribution is 2.23. The van der Waals surface area contributed by atoms with Crippen LogP contribution in [0.15, 0.2) is 18.2 Å². The molecule has 0 unspecified atom stereocenters. The summed E-state index contributed by atoms with van der Waals surface area (Å²) < 4.78 is -0.250. The molecule has 0 atom stereocenters. The third-order valence-electron chi connectivity index (χ3n) is 2.30. The number of hydrogen-bond acceptors (Lipinski definition) is 3. The van der Waals surface area contributed by atoms with E-state index in [9.17, 15) is 14.9 Å². The fourth-order valence-corrected chi connectivity index (χ4v) is 1.70. The van der Waals surface area contributed by atoms with Crippen molar-refractivity contribution in [3.05, 3.63) is 39.4 Å². The Morgan fingerprint density at radius 3 is 2.69 bits per heavy atom. The highest BCUT2D eigenvalue weighted by Gasteiger charge is 2.15. The maximum atomic E-state index is 11.1. The normalized spacial score (nSPS) is 10.1. The van der Waals surface area contributed by atoms with Crippen molar-refractivity contribution in [3.8, 4) is 0 Å². The zero-order valence-corrected chi connectivity index (χ0v) is 10.5. The fraction of sp³-hybridized carbons (Fsp3) is 0.364. The number of hydrogen-bond donors (Lipinski definition) is 0. The van der Waals surface area contributed by atoms with E-state index < -0.39 is 4.92 Å². The first kappa shape index (κ1) is 12.8. The summed E-state index contributed by atoms with van der Waals surface area (Å²) in [4.78, 5) is 21.5. The Morgan fingerprint density at radius 1 is 1.50 bits per heavy atom. The minimum absolute atomic E-state index is 0.0888. The van der Waals surface area contributed by atoms with Crippen molar-refractivity contribution in [2.75, 3.05) is 0 Å². The molecule has 16 heavy (non-hydrogen) atoms. The van der Waals surface area contributed by atoms with Gasteiger partial charge in [-0.15, -0.1) is 0 Å². The molecular formula is C11H12BrNO3. The summed E-state index contributed by atoms with van der Waals surface area (Å²) in [5, 5.41) is 10.8. The van der Waals surface area contributed by atoms with Crippen LogP contribution in [-0.2, 0) is 6.42 Å². The Morgan fingerprint density at radius 2 is 2.19 bits per heavy atom. The van der Waals surface area contributed by atoms with E-state index in [1.54, 1.807) is 6.07 Å². The summed E-state index contributed by atoms with van der Waals surface area (Å²) in [7, 11) is 0. The molecule has 0 N–H and O–H groups in total. The molecule has 0 saturated heterocycles. The molecule has 0 radical (unpaired) electrons. The number of carbonyl (C=O) groups excluding carboxylic acids is 1. The molecule has 1 aromatic carbocycles. The van der Waals surface area contributed by atoms with Gasteiger partial charge in [-0.1, -0.05) is 13.3 Å². The second-order valence-corrected chi connectivity index (χ2v) is 4.20. The number of benzene rings is 1. The third kappa shape index (κ3) is 3.13. The zero-order chi connectivity index (χ0) is 12.1. The molecule has 1 rings (SSSR count). The van der Waals surface area contributed by atoms with Crippen LogP contribution in [0.1, 0.15) is 35.7 Å². The number of nitro benzene ring substituents is 1. The lowest BCUT2D eigenvalue weighted by atomic mass is 10.0. The average molecular weight is 286 g/mol. The first-order valence-corrected chi connectivity index (χ1v) is 5.82. The number of rotatable bonds is 5. The molecule has 86 valence electrons. The van der Waals surface area contributed by atoms with Gasteiger partial charge in [-0.2, -0.15) is 0 Å². The van der Waals surface area contributed by atoms with Crippen LogP contribution in [0, 0.1) is 10.1 Å². The summed E-state index contributed by atoms with van der Waals surface area (Å²) >= 11 is 2.84. The molecule has 0 aliphatic heterocycles. The molecule has 4 nitrogen and oxygen atoms in total. The predicted molar refractivity (Wildman–Crippen MR) is 65.0 cm³/mol. The van der Waals surface area contributed by atoms with Gasteiger partial charge in [0.1, 0.15) is 0 Å². The van der Waals surface area contributed by atoms with E-state index in [1.165, 1.54) is 12.1 Å². The van der Waals surface area contributed by atoms with Crippen molar-refractivity contribution in [3.63, 3.8) is 0 Å². The quantitative estimate of drug-likeness (QED) is 0.473. The standard InChI is InChI=1S/C11H12BrNO3/c1-2-3-4-8-7-9(11(12)14)5-6-10(8)13(15)16/h5-7H,2-4H2,1H3. The first-order chi connectivity index (χ1) is 7.56. The maximum absolute atomic E-state index is 11.1. The average Bonchev–Trinajstić information content (AvgIpc) is 2.25. The molecule has 0 aliphatic rings. The van der Waals surface area contributed by atoms with Gasteiger partial charge in [-0.05, 0) is 40.9 Å². The summed E-state index contributed by atoms with van der Waals surface area (Å²) in [5.41, 5.74) is 1.17. The molecule has 0 saturated carbocycles. The topological polar surface area (TPSA) is 60.2 Å². The second-order valence-electron chi connectivity index (χ2n) is 3.48. The summed E-state index contributed by atoms with van der Waals surface area (Å²) in [6.07, 6.45) is 2.46. The molecule has 5 heteroatoms. The van der Waals surface area contributed by atoms with Crippen LogP contribution in [0.25, 0.3) is 0 Å². The van der Waals surface area contributed by atoms with Crippen LogP contribution < -0.4 is 0 Å². The van der Waals surface area contributed by atoms with Crippen LogP contribution in [0.4, 0.5) is 5.69 Å². The molecule has 1 aromatic rings. The number of unbranched alkanes of at least 4 members (excludes halogenated alkanes) is 1. The van der Waals surface area contributed by atoms with E-state index in [1.807, 2.05) is 6.92 Å². The van der Waals surface area contributed by atoms with Gasteiger partial charge in [0, 0.05) is 17.2 Å². The van der Waals surface area contributed by atoms with E-state index in [4.69, 9.17) is 0 Å². The summed E-state index contributed by atoms with van der Waals surface area (Å²) in [6.45, 7) is 2.02. The zero-order valence-electron chi connectivity index (χ0n) is 8.90. The van der Waals surface area contributed by atoms with Gasteiger partial charge in [0.2, 0.25) is 4.69 Å². The molecule has 0 aromatic heterocycles. The third-order valence-corrected chi connectivity index (χ3v) is 2.76. The molecule has 0 fully saturated rings. The van der Waals surface area contributed by atoms with Gasteiger partial charge < -0.3 is 0 Å². The van der Waals surface area contributed by atoms with Crippen LogP contribution in [0.3, 0.4) is 0 Å². The first-order valence-electron chi connectivity index (χ1n) is 5.03. The van der Waals surface area contributed by atoms with Crippen molar-refractivity contribution in [2.45, 2.75) is 26.2 Å². The lowest BCUT2D eigenvalue weighted by Gasteiger charge is -2.03. The second kappa shape index (κ2) is 5.75. The maximum Gasteiger partial charge on any atom is 0.272 e. The smallest absolute Gasteiger partial charge is 0.272 e. The van der Waals surface area contributed by atoms with E-state index >= 15 is 0 Å². The van der Waals surface area contributed by atoms with Crippen LogP contribution in [0.5, 0.6) is 0 Å². The largest absolute Gasteiger partial charge is 0.281 e. The molecule has 0 heterocycles. The minimum atomic E-state index is -0.409. The van der Waals surface area contributed by atoms with Gasteiger partial charge in [0.05, 0.1) is 4.92 Å². The van der Waals surface area contributed by atoms with Gasteiger partial charge in [-0.25, -0.2) is 0 Å². The number of aryl methyl sites for hydroxylation is 1.